The fraction of sp³-hybridized carbons (Fsp3) is 0.231. The first-order valence-electron chi connectivity index (χ1n) is 5.76. The van der Waals surface area contributed by atoms with Crippen LogP contribution >= 0.6 is 0 Å². The van der Waals surface area contributed by atoms with Crippen LogP contribution in [-0.2, 0) is 13.6 Å². The summed E-state index contributed by atoms with van der Waals surface area (Å²) in [5.74, 6) is 0.947. The highest BCUT2D eigenvalue weighted by Crippen LogP contribution is 2.26. The van der Waals surface area contributed by atoms with Gasteiger partial charge < -0.3 is 14.7 Å². The zero-order chi connectivity index (χ0) is 12.7. The van der Waals surface area contributed by atoms with Crippen molar-refractivity contribution in [2.45, 2.75) is 13.5 Å². The molecule has 18 heavy (non-hydrogen) atoms. The first-order valence-corrected chi connectivity index (χ1v) is 5.76. The van der Waals surface area contributed by atoms with Crippen LogP contribution in [0.1, 0.15) is 11.5 Å². The lowest BCUT2D eigenvalue weighted by atomic mass is 10.1. The van der Waals surface area contributed by atoms with E-state index in [1.54, 1.807) is 0 Å². The molecular formula is C13H14N4O. The summed E-state index contributed by atoms with van der Waals surface area (Å²) >= 11 is 0. The number of imidazole rings is 1. The number of rotatable bonds is 2. The average Bonchev–Trinajstić information content (AvgIpc) is 2.94. The van der Waals surface area contributed by atoms with Gasteiger partial charge in [0.25, 0.3) is 0 Å². The topological polar surface area (TPSA) is 69.9 Å². The molecule has 0 unspecified atom stereocenters. The molecule has 5 heteroatoms. The van der Waals surface area contributed by atoms with Gasteiger partial charge in [-0.25, -0.2) is 9.97 Å². The Balaban J connectivity index is 2.21. The van der Waals surface area contributed by atoms with Crippen molar-refractivity contribution in [1.29, 1.82) is 0 Å². The maximum Gasteiger partial charge on any atom is 0.181 e. The molecule has 0 aliphatic rings. The summed E-state index contributed by atoms with van der Waals surface area (Å²) in [4.78, 5) is 8.67. The summed E-state index contributed by atoms with van der Waals surface area (Å²) in [6.45, 7) is 2.43. The molecule has 92 valence electrons. The Labute approximate surface area is 104 Å². The third kappa shape index (κ3) is 1.52. The molecule has 0 radical (unpaired) electrons. The molecule has 0 amide bonds. The predicted octanol–water partition coefficient (Wildman–Crippen LogP) is 2.00. The molecule has 0 aliphatic carbocycles. The first kappa shape index (κ1) is 11.0. The first-order chi connectivity index (χ1) is 8.70. The van der Waals surface area contributed by atoms with Crippen LogP contribution < -0.4 is 5.73 Å². The lowest BCUT2D eigenvalue weighted by Crippen LogP contribution is -2.05. The van der Waals surface area contributed by atoms with Crippen molar-refractivity contribution in [2.75, 3.05) is 0 Å². The van der Waals surface area contributed by atoms with E-state index in [0.717, 1.165) is 33.9 Å². The van der Waals surface area contributed by atoms with Crippen LogP contribution in [0.25, 0.3) is 22.4 Å². The van der Waals surface area contributed by atoms with Gasteiger partial charge in [0, 0.05) is 19.2 Å². The Bertz CT molecular complexity index is 711. The third-order valence-corrected chi connectivity index (χ3v) is 3.24. The molecule has 0 atom stereocenters. The number of nitrogens with two attached hydrogens (primary N) is 1. The largest absolute Gasteiger partial charge is 0.443 e. The Morgan fingerprint density at radius 3 is 3.00 bits per heavy atom. The molecule has 2 heterocycles. The summed E-state index contributed by atoms with van der Waals surface area (Å²) in [5, 5.41) is 0. The Morgan fingerprint density at radius 1 is 1.39 bits per heavy atom. The van der Waals surface area contributed by atoms with E-state index >= 15 is 0 Å². The average molecular weight is 242 g/mol. The van der Waals surface area contributed by atoms with Crippen LogP contribution in [0, 0.1) is 6.92 Å². The maximum absolute atomic E-state index is 5.80. The molecule has 3 rings (SSSR count). The second-order valence-electron chi connectivity index (χ2n) is 4.25. The molecular weight excluding hydrogens is 228 g/mol. The Hall–Kier alpha value is -2.14. The number of hydrogen-bond acceptors (Lipinski definition) is 4. The fourth-order valence-electron chi connectivity index (χ4n) is 2.12. The summed E-state index contributed by atoms with van der Waals surface area (Å²) in [6, 6.07) is 5.87. The SMILES string of the molecule is Cc1nc(-c2ccc3ncoc3c2)c(CN)n1C. The van der Waals surface area contributed by atoms with Crippen molar-refractivity contribution in [1.82, 2.24) is 14.5 Å². The highest BCUT2D eigenvalue weighted by molar-refractivity contribution is 5.79. The molecule has 3 aromatic rings. The van der Waals surface area contributed by atoms with E-state index in [1.165, 1.54) is 6.39 Å². The minimum atomic E-state index is 0.459. The van der Waals surface area contributed by atoms with E-state index in [-0.39, 0.29) is 0 Å². The van der Waals surface area contributed by atoms with Gasteiger partial charge in [0.15, 0.2) is 12.0 Å². The second kappa shape index (κ2) is 3.96. The van der Waals surface area contributed by atoms with Crippen molar-refractivity contribution in [3.63, 3.8) is 0 Å². The minimum Gasteiger partial charge on any atom is -0.443 e. The molecule has 1 aromatic carbocycles. The molecule has 2 N–H and O–H groups in total. The van der Waals surface area contributed by atoms with Gasteiger partial charge in [-0.05, 0) is 19.1 Å². The quantitative estimate of drug-likeness (QED) is 0.746. The van der Waals surface area contributed by atoms with E-state index in [2.05, 4.69) is 9.97 Å². The maximum atomic E-state index is 5.80. The summed E-state index contributed by atoms with van der Waals surface area (Å²) in [7, 11) is 1.97. The number of nitrogens with zero attached hydrogens (tertiary/aromatic N) is 3. The van der Waals surface area contributed by atoms with Gasteiger partial charge in [-0.2, -0.15) is 0 Å². The van der Waals surface area contributed by atoms with Crippen LogP contribution in [0.3, 0.4) is 0 Å². The van der Waals surface area contributed by atoms with Crippen LogP contribution in [0.5, 0.6) is 0 Å². The number of hydrogen-bond donors (Lipinski definition) is 1. The van der Waals surface area contributed by atoms with Gasteiger partial charge >= 0.3 is 0 Å². The summed E-state index contributed by atoms with van der Waals surface area (Å²) < 4.78 is 7.33. The molecule has 0 aliphatic heterocycles. The standard InChI is InChI=1S/C13H14N4O/c1-8-16-13(11(6-14)17(8)2)9-3-4-10-12(5-9)18-7-15-10/h3-5,7H,6,14H2,1-2H3. The van der Waals surface area contributed by atoms with E-state index in [9.17, 15) is 0 Å². The molecule has 0 spiro atoms. The van der Waals surface area contributed by atoms with Crippen LogP contribution in [0.2, 0.25) is 0 Å². The monoisotopic (exact) mass is 242 g/mol. The van der Waals surface area contributed by atoms with Crippen LogP contribution in [0.15, 0.2) is 29.0 Å². The van der Waals surface area contributed by atoms with Crippen LogP contribution in [-0.4, -0.2) is 14.5 Å². The Morgan fingerprint density at radius 2 is 2.22 bits per heavy atom. The van der Waals surface area contributed by atoms with Gasteiger partial charge in [0.1, 0.15) is 11.3 Å². The van der Waals surface area contributed by atoms with Crippen LogP contribution in [0.4, 0.5) is 0 Å². The van der Waals surface area contributed by atoms with E-state index in [1.807, 2.05) is 36.7 Å². The number of fused-ring (bicyclic) bond motifs is 1. The van der Waals surface area contributed by atoms with Gasteiger partial charge in [0.05, 0.1) is 11.4 Å². The van der Waals surface area contributed by atoms with Gasteiger partial charge in [-0.3, -0.25) is 0 Å². The molecule has 0 bridgehead atoms. The fourth-order valence-corrected chi connectivity index (χ4v) is 2.12. The number of oxazole rings is 1. The number of aromatic nitrogens is 3. The van der Waals surface area contributed by atoms with Gasteiger partial charge in [-0.15, -0.1) is 0 Å². The van der Waals surface area contributed by atoms with Crippen molar-refractivity contribution >= 4 is 11.1 Å². The second-order valence-corrected chi connectivity index (χ2v) is 4.25. The predicted molar refractivity (Wildman–Crippen MR) is 68.8 cm³/mol. The molecule has 5 nitrogen and oxygen atoms in total. The third-order valence-electron chi connectivity index (χ3n) is 3.24. The van der Waals surface area contributed by atoms with Crippen molar-refractivity contribution in [3.8, 4) is 11.3 Å². The Kier molecular flexibility index (Phi) is 2.41. The van der Waals surface area contributed by atoms with Gasteiger partial charge in [0.2, 0.25) is 0 Å². The zero-order valence-electron chi connectivity index (χ0n) is 10.3. The zero-order valence-corrected chi connectivity index (χ0v) is 10.3. The normalized spacial score (nSPS) is 11.3. The lowest BCUT2D eigenvalue weighted by molar-refractivity contribution is 0.602. The smallest absolute Gasteiger partial charge is 0.181 e. The molecule has 0 saturated heterocycles. The lowest BCUT2D eigenvalue weighted by Gasteiger charge is -2.03. The van der Waals surface area contributed by atoms with Gasteiger partial charge in [-0.1, -0.05) is 6.07 Å². The minimum absolute atomic E-state index is 0.459. The number of aryl methyl sites for hydroxylation is 1. The van der Waals surface area contributed by atoms with Crippen molar-refractivity contribution in [2.24, 2.45) is 12.8 Å². The summed E-state index contributed by atoms with van der Waals surface area (Å²) in [5.41, 5.74) is 10.3. The van der Waals surface area contributed by atoms with E-state index in [4.69, 9.17) is 10.2 Å². The summed E-state index contributed by atoms with van der Waals surface area (Å²) in [6.07, 6.45) is 1.45. The highest BCUT2D eigenvalue weighted by Gasteiger charge is 2.13. The van der Waals surface area contributed by atoms with E-state index in [0.29, 0.717) is 6.54 Å². The van der Waals surface area contributed by atoms with Crippen molar-refractivity contribution < 1.29 is 4.42 Å². The molecule has 0 saturated carbocycles. The molecule has 2 aromatic heterocycles. The molecule has 0 fully saturated rings. The van der Waals surface area contributed by atoms with E-state index < -0.39 is 0 Å². The number of benzene rings is 1. The highest BCUT2D eigenvalue weighted by atomic mass is 16.3. The van der Waals surface area contributed by atoms with Crippen molar-refractivity contribution in [3.05, 3.63) is 36.1 Å².